The van der Waals surface area contributed by atoms with Crippen molar-refractivity contribution in [2.24, 2.45) is 0 Å². The highest BCUT2D eigenvalue weighted by atomic mass is 16.6. The Morgan fingerprint density at radius 1 is 1.16 bits per heavy atom. The summed E-state index contributed by atoms with van der Waals surface area (Å²) in [5, 5.41) is 0. The number of carbonyl (C=O) groups is 2. The lowest BCUT2D eigenvalue weighted by molar-refractivity contribution is -0.146. The van der Waals surface area contributed by atoms with E-state index in [2.05, 4.69) is 0 Å². The number of ether oxygens (including phenoxy) is 3. The first-order chi connectivity index (χ1) is 8.97. The molecule has 0 aliphatic carbocycles. The van der Waals surface area contributed by atoms with Crippen LogP contribution in [0.15, 0.2) is 18.2 Å². The normalized spacial score (nSPS) is 11.6. The van der Waals surface area contributed by atoms with Crippen LogP contribution in [-0.2, 0) is 14.3 Å². The Morgan fingerprint density at radius 3 is 2.32 bits per heavy atom. The number of esters is 2. The van der Waals surface area contributed by atoms with E-state index < -0.39 is 5.97 Å². The van der Waals surface area contributed by atoms with E-state index in [1.54, 1.807) is 18.2 Å². The fraction of sp³-hybridized carbons (Fsp3) is 0.429. The van der Waals surface area contributed by atoms with Crippen molar-refractivity contribution in [1.82, 2.24) is 0 Å². The molecule has 0 radical (unpaired) electrons. The molecule has 5 heteroatoms. The average molecular weight is 266 g/mol. The third kappa shape index (κ3) is 4.28. The van der Waals surface area contributed by atoms with Crippen LogP contribution in [0.3, 0.4) is 0 Å². The van der Waals surface area contributed by atoms with Crippen molar-refractivity contribution in [1.29, 1.82) is 0 Å². The maximum Gasteiger partial charge on any atom is 0.308 e. The number of benzene rings is 1. The second-order valence-electron chi connectivity index (χ2n) is 4.01. The molecule has 0 spiro atoms. The Kier molecular flexibility index (Phi) is 5.36. The van der Waals surface area contributed by atoms with Gasteiger partial charge in [-0.25, -0.2) is 0 Å². The summed E-state index contributed by atoms with van der Waals surface area (Å²) < 4.78 is 15.4. The molecule has 1 aromatic rings. The molecule has 0 saturated carbocycles. The minimum Gasteiger partial charge on any atom is -0.493 e. The molecule has 0 N–H and O–H groups in total. The van der Waals surface area contributed by atoms with Crippen LogP contribution >= 0.6 is 0 Å². The summed E-state index contributed by atoms with van der Waals surface area (Å²) >= 11 is 0. The fourth-order valence-electron chi connectivity index (χ4n) is 1.71. The SMILES string of the molecule is CC[C@H](OC(C)=O)c1ccc(OC(C)=O)c(OC)c1. The zero-order valence-corrected chi connectivity index (χ0v) is 11.6. The quantitative estimate of drug-likeness (QED) is 0.605. The molecule has 0 heterocycles. The van der Waals surface area contributed by atoms with Gasteiger partial charge in [-0.05, 0) is 24.1 Å². The first-order valence-corrected chi connectivity index (χ1v) is 6.01. The number of methoxy groups -OCH3 is 1. The van der Waals surface area contributed by atoms with Gasteiger partial charge in [-0.1, -0.05) is 13.0 Å². The summed E-state index contributed by atoms with van der Waals surface area (Å²) in [6.45, 7) is 4.61. The van der Waals surface area contributed by atoms with Gasteiger partial charge >= 0.3 is 11.9 Å². The molecule has 104 valence electrons. The van der Waals surface area contributed by atoms with Crippen LogP contribution in [0.1, 0.15) is 38.9 Å². The van der Waals surface area contributed by atoms with Gasteiger partial charge < -0.3 is 14.2 Å². The smallest absolute Gasteiger partial charge is 0.308 e. The van der Waals surface area contributed by atoms with Gasteiger partial charge in [-0.3, -0.25) is 9.59 Å². The molecule has 0 aliphatic rings. The minimum absolute atomic E-state index is 0.335. The summed E-state index contributed by atoms with van der Waals surface area (Å²) in [7, 11) is 1.49. The van der Waals surface area contributed by atoms with Gasteiger partial charge in [0.25, 0.3) is 0 Å². The summed E-state index contributed by atoms with van der Waals surface area (Å²) in [6.07, 6.45) is 0.313. The fourth-order valence-corrected chi connectivity index (χ4v) is 1.71. The Hall–Kier alpha value is -2.04. The molecule has 5 nitrogen and oxygen atoms in total. The van der Waals surface area contributed by atoms with Gasteiger partial charge in [0, 0.05) is 13.8 Å². The van der Waals surface area contributed by atoms with Crippen molar-refractivity contribution < 1.29 is 23.8 Å². The van der Waals surface area contributed by atoms with E-state index in [0.29, 0.717) is 17.9 Å². The third-order valence-electron chi connectivity index (χ3n) is 2.49. The lowest BCUT2D eigenvalue weighted by atomic mass is 10.1. The van der Waals surface area contributed by atoms with E-state index in [0.717, 1.165) is 5.56 Å². The lowest BCUT2D eigenvalue weighted by Gasteiger charge is -2.17. The third-order valence-corrected chi connectivity index (χ3v) is 2.49. The summed E-state index contributed by atoms with van der Waals surface area (Å²) in [6, 6.07) is 5.08. The van der Waals surface area contributed by atoms with Crippen LogP contribution in [-0.4, -0.2) is 19.0 Å². The van der Waals surface area contributed by atoms with Crippen LogP contribution in [0.2, 0.25) is 0 Å². The van der Waals surface area contributed by atoms with E-state index in [-0.39, 0.29) is 12.1 Å². The topological polar surface area (TPSA) is 61.8 Å². The van der Waals surface area contributed by atoms with Gasteiger partial charge in [-0.2, -0.15) is 0 Å². The first-order valence-electron chi connectivity index (χ1n) is 6.01. The molecule has 1 rings (SSSR count). The van der Waals surface area contributed by atoms with Gasteiger partial charge in [-0.15, -0.1) is 0 Å². The molecule has 0 fully saturated rings. The largest absolute Gasteiger partial charge is 0.493 e. The minimum atomic E-state index is -0.418. The molecule has 0 aliphatic heterocycles. The highest BCUT2D eigenvalue weighted by Gasteiger charge is 2.16. The van der Waals surface area contributed by atoms with Crippen molar-refractivity contribution in [3.05, 3.63) is 23.8 Å². The number of hydrogen-bond acceptors (Lipinski definition) is 5. The number of hydrogen-bond donors (Lipinski definition) is 0. The van der Waals surface area contributed by atoms with Gasteiger partial charge in [0.15, 0.2) is 11.5 Å². The van der Waals surface area contributed by atoms with Gasteiger partial charge in [0.2, 0.25) is 0 Å². The maximum absolute atomic E-state index is 11.0. The second kappa shape index (κ2) is 6.78. The molecule has 0 aromatic heterocycles. The molecule has 0 unspecified atom stereocenters. The first kappa shape index (κ1) is 15.0. The highest BCUT2D eigenvalue weighted by Crippen LogP contribution is 2.32. The zero-order valence-electron chi connectivity index (χ0n) is 11.6. The number of rotatable bonds is 5. The zero-order chi connectivity index (χ0) is 14.4. The molecular weight excluding hydrogens is 248 g/mol. The molecular formula is C14H18O5. The molecule has 0 amide bonds. The van der Waals surface area contributed by atoms with Crippen LogP contribution in [0, 0.1) is 0 Å². The monoisotopic (exact) mass is 266 g/mol. The summed E-state index contributed by atoms with van der Waals surface area (Å²) in [4.78, 5) is 22.0. The van der Waals surface area contributed by atoms with Crippen molar-refractivity contribution in [3.63, 3.8) is 0 Å². The van der Waals surface area contributed by atoms with E-state index >= 15 is 0 Å². The Bertz CT molecular complexity index is 467. The van der Waals surface area contributed by atoms with Crippen molar-refractivity contribution in [2.75, 3.05) is 7.11 Å². The van der Waals surface area contributed by atoms with E-state index in [1.165, 1.54) is 21.0 Å². The molecule has 19 heavy (non-hydrogen) atoms. The van der Waals surface area contributed by atoms with Crippen molar-refractivity contribution in [2.45, 2.75) is 33.3 Å². The van der Waals surface area contributed by atoms with E-state index in [9.17, 15) is 9.59 Å². The number of carbonyl (C=O) groups excluding carboxylic acids is 2. The average Bonchev–Trinajstić information content (AvgIpc) is 2.35. The standard InChI is InChI=1S/C14H18O5/c1-5-12(18-9(2)15)11-6-7-13(19-10(3)16)14(8-11)17-4/h6-8,12H,5H2,1-4H3/t12-/m0/s1. The van der Waals surface area contributed by atoms with Crippen LogP contribution in [0.5, 0.6) is 11.5 Å². The maximum atomic E-state index is 11.0. The van der Waals surface area contributed by atoms with Crippen LogP contribution in [0.4, 0.5) is 0 Å². The van der Waals surface area contributed by atoms with E-state index in [4.69, 9.17) is 14.2 Å². The summed E-state index contributed by atoms with van der Waals surface area (Å²) in [5.74, 6) is 0.0164. The highest BCUT2D eigenvalue weighted by molar-refractivity contribution is 5.70. The predicted octanol–water partition coefficient (Wildman–Crippen LogP) is 2.63. The Labute approximate surface area is 112 Å². The molecule has 0 bridgehead atoms. The second-order valence-corrected chi connectivity index (χ2v) is 4.01. The molecule has 1 aromatic carbocycles. The van der Waals surface area contributed by atoms with Crippen molar-refractivity contribution in [3.8, 4) is 11.5 Å². The van der Waals surface area contributed by atoms with Gasteiger partial charge in [0.1, 0.15) is 6.10 Å². The van der Waals surface area contributed by atoms with Crippen LogP contribution < -0.4 is 9.47 Å². The lowest BCUT2D eigenvalue weighted by Crippen LogP contribution is -2.08. The van der Waals surface area contributed by atoms with Crippen molar-refractivity contribution >= 4 is 11.9 Å². The Morgan fingerprint density at radius 2 is 1.84 bits per heavy atom. The van der Waals surface area contributed by atoms with Crippen LogP contribution in [0.25, 0.3) is 0 Å². The predicted molar refractivity (Wildman–Crippen MR) is 69.1 cm³/mol. The molecule has 1 atom stereocenters. The van der Waals surface area contributed by atoms with Gasteiger partial charge in [0.05, 0.1) is 7.11 Å². The Balaban J connectivity index is 3.03. The molecule has 0 saturated heterocycles. The summed E-state index contributed by atoms with van der Waals surface area (Å²) in [5.41, 5.74) is 0.797. The van der Waals surface area contributed by atoms with E-state index in [1.807, 2.05) is 6.92 Å².